The van der Waals surface area contributed by atoms with Gasteiger partial charge in [-0.25, -0.2) is 14.4 Å². The van der Waals surface area contributed by atoms with Crippen LogP contribution < -0.4 is 0 Å². The van der Waals surface area contributed by atoms with Crippen molar-refractivity contribution in [1.82, 2.24) is 25.1 Å². The number of aromatic nitrogens is 4. The molecule has 0 amide bonds. The van der Waals surface area contributed by atoms with Crippen LogP contribution in [-0.2, 0) is 0 Å². The number of rotatable bonds is 9. The van der Waals surface area contributed by atoms with Gasteiger partial charge in [0.05, 0.1) is 17.6 Å². The summed E-state index contributed by atoms with van der Waals surface area (Å²) >= 11 is 0. The van der Waals surface area contributed by atoms with Gasteiger partial charge in [-0.05, 0) is 62.8 Å². The summed E-state index contributed by atoms with van der Waals surface area (Å²) in [5, 5.41) is 7.18. The first kappa shape index (κ1) is 20.1. The molecule has 2 aromatic heterocycles. The van der Waals surface area contributed by atoms with Crippen LogP contribution in [0.15, 0.2) is 42.7 Å². The monoisotopic (exact) mass is 381 g/mol. The minimum Gasteiger partial charge on any atom is -0.304 e. The normalized spacial score (nSPS) is 12.5. The fourth-order valence-electron chi connectivity index (χ4n) is 3.37. The molecular weight excluding hydrogens is 353 g/mol. The Hall–Kier alpha value is -2.60. The average molecular weight is 381 g/mol. The van der Waals surface area contributed by atoms with E-state index >= 15 is 0 Å². The molecule has 0 fully saturated rings. The molecule has 2 heterocycles. The third-order valence-corrected chi connectivity index (χ3v) is 5.17. The van der Waals surface area contributed by atoms with E-state index in [-0.39, 0.29) is 11.7 Å². The Bertz CT molecular complexity index is 871. The van der Waals surface area contributed by atoms with Gasteiger partial charge in [0.2, 0.25) is 0 Å². The van der Waals surface area contributed by atoms with Crippen molar-refractivity contribution in [3.8, 4) is 22.5 Å². The summed E-state index contributed by atoms with van der Waals surface area (Å²) in [5.41, 5.74) is 3.43. The fourth-order valence-corrected chi connectivity index (χ4v) is 3.37. The summed E-state index contributed by atoms with van der Waals surface area (Å²) in [6, 6.07) is 8.27. The zero-order chi connectivity index (χ0) is 19.9. The van der Waals surface area contributed by atoms with Crippen LogP contribution >= 0.6 is 0 Å². The minimum atomic E-state index is -0.257. The van der Waals surface area contributed by atoms with Crippen LogP contribution in [0.25, 0.3) is 22.5 Å². The number of hydrogen-bond donors (Lipinski definition) is 1. The maximum Gasteiger partial charge on any atom is 0.131 e. The maximum atomic E-state index is 13.2. The van der Waals surface area contributed by atoms with Crippen molar-refractivity contribution in [2.24, 2.45) is 0 Å². The van der Waals surface area contributed by atoms with Crippen LogP contribution in [-0.4, -0.2) is 44.7 Å². The van der Waals surface area contributed by atoms with Gasteiger partial charge < -0.3 is 4.90 Å². The Morgan fingerprint density at radius 2 is 1.86 bits per heavy atom. The van der Waals surface area contributed by atoms with Crippen LogP contribution in [0.2, 0.25) is 0 Å². The first-order valence-electron chi connectivity index (χ1n) is 9.97. The number of hydrogen-bond acceptors (Lipinski definition) is 4. The van der Waals surface area contributed by atoms with Crippen LogP contribution in [0.3, 0.4) is 0 Å². The van der Waals surface area contributed by atoms with Crippen molar-refractivity contribution < 1.29 is 4.39 Å². The van der Waals surface area contributed by atoms with Crippen molar-refractivity contribution in [3.63, 3.8) is 0 Å². The molecule has 3 aromatic rings. The lowest BCUT2D eigenvalue weighted by Crippen LogP contribution is -2.24. The molecule has 6 heteroatoms. The summed E-state index contributed by atoms with van der Waals surface area (Å²) < 4.78 is 13.2. The van der Waals surface area contributed by atoms with Gasteiger partial charge in [0.15, 0.2) is 0 Å². The molecule has 3 rings (SSSR count). The molecule has 0 spiro atoms. The summed E-state index contributed by atoms with van der Waals surface area (Å²) in [4.78, 5) is 11.7. The van der Waals surface area contributed by atoms with Gasteiger partial charge >= 0.3 is 0 Å². The predicted octanol–water partition coefficient (Wildman–Crippen LogP) is 4.90. The van der Waals surface area contributed by atoms with Gasteiger partial charge in [0.25, 0.3) is 0 Å². The quantitative estimate of drug-likeness (QED) is 0.573. The number of benzene rings is 1. The molecule has 1 atom stereocenters. The minimum absolute atomic E-state index is 0.257. The molecule has 0 aliphatic heterocycles. The van der Waals surface area contributed by atoms with Crippen LogP contribution in [0.1, 0.15) is 45.4 Å². The highest BCUT2D eigenvalue weighted by molar-refractivity contribution is 5.78. The van der Waals surface area contributed by atoms with E-state index in [4.69, 9.17) is 4.98 Å². The Kier molecular flexibility index (Phi) is 6.87. The van der Waals surface area contributed by atoms with Gasteiger partial charge in [0.1, 0.15) is 11.6 Å². The van der Waals surface area contributed by atoms with Crippen molar-refractivity contribution in [1.29, 1.82) is 0 Å². The number of aromatic amines is 1. The van der Waals surface area contributed by atoms with Crippen molar-refractivity contribution in [3.05, 3.63) is 54.4 Å². The molecule has 0 aliphatic carbocycles. The second kappa shape index (κ2) is 9.55. The zero-order valence-electron chi connectivity index (χ0n) is 16.8. The van der Waals surface area contributed by atoms with Crippen molar-refractivity contribution in [2.75, 3.05) is 19.6 Å². The first-order valence-corrected chi connectivity index (χ1v) is 9.97. The smallest absolute Gasteiger partial charge is 0.131 e. The van der Waals surface area contributed by atoms with E-state index in [0.29, 0.717) is 0 Å². The average Bonchev–Trinajstić information content (AvgIpc) is 3.21. The molecule has 1 unspecified atom stereocenters. The third-order valence-electron chi connectivity index (χ3n) is 5.17. The third kappa shape index (κ3) is 4.81. The molecule has 28 heavy (non-hydrogen) atoms. The van der Waals surface area contributed by atoms with E-state index in [1.807, 2.05) is 6.07 Å². The Morgan fingerprint density at radius 1 is 1.11 bits per heavy atom. The highest BCUT2D eigenvalue weighted by atomic mass is 19.1. The van der Waals surface area contributed by atoms with Gasteiger partial charge in [-0.2, -0.15) is 5.10 Å². The van der Waals surface area contributed by atoms with Crippen LogP contribution in [0.4, 0.5) is 4.39 Å². The summed E-state index contributed by atoms with van der Waals surface area (Å²) in [6.45, 7) is 9.85. The summed E-state index contributed by atoms with van der Waals surface area (Å²) in [5.74, 6) is 0.882. The molecule has 0 saturated carbocycles. The topological polar surface area (TPSA) is 57.7 Å². The molecule has 0 aliphatic rings. The van der Waals surface area contributed by atoms with E-state index < -0.39 is 0 Å². The molecule has 1 aromatic carbocycles. The number of nitrogens with one attached hydrogen (secondary N) is 1. The fraction of sp³-hybridized carbons (Fsp3) is 0.409. The van der Waals surface area contributed by atoms with Crippen LogP contribution in [0.5, 0.6) is 0 Å². The maximum absolute atomic E-state index is 13.2. The first-order chi connectivity index (χ1) is 13.6. The second-order valence-corrected chi connectivity index (χ2v) is 7.04. The van der Waals surface area contributed by atoms with E-state index in [0.717, 1.165) is 60.8 Å². The largest absolute Gasteiger partial charge is 0.304 e. The molecule has 5 nitrogen and oxygen atoms in total. The van der Waals surface area contributed by atoms with Crippen molar-refractivity contribution >= 4 is 0 Å². The lowest BCUT2D eigenvalue weighted by molar-refractivity contribution is 0.293. The second-order valence-electron chi connectivity index (χ2n) is 7.04. The highest BCUT2D eigenvalue weighted by Gasteiger charge is 2.15. The van der Waals surface area contributed by atoms with Gasteiger partial charge in [-0.1, -0.05) is 20.8 Å². The molecule has 1 N–H and O–H groups in total. The molecular formula is C22H28FN5. The Morgan fingerprint density at radius 3 is 2.57 bits per heavy atom. The zero-order valence-corrected chi connectivity index (χ0v) is 16.8. The number of H-pyrrole nitrogens is 1. The predicted molar refractivity (Wildman–Crippen MR) is 110 cm³/mol. The van der Waals surface area contributed by atoms with Gasteiger partial charge in [-0.3, -0.25) is 5.10 Å². The molecule has 0 radical (unpaired) electrons. The van der Waals surface area contributed by atoms with E-state index in [2.05, 4.69) is 40.9 Å². The van der Waals surface area contributed by atoms with Gasteiger partial charge in [0, 0.05) is 23.2 Å². The SMILES string of the molecule is CCN(CC)CCCC(C)c1nccc(-c2cn[nH]c2-c2ccc(F)cc2)n1. The Labute approximate surface area is 166 Å². The van der Waals surface area contributed by atoms with Crippen molar-refractivity contribution in [2.45, 2.75) is 39.5 Å². The highest BCUT2D eigenvalue weighted by Crippen LogP contribution is 2.29. The molecule has 0 saturated heterocycles. The summed E-state index contributed by atoms with van der Waals surface area (Å²) in [6.07, 6.45) is 5.75. The van der Waals surface area contributed by atoms with E-state index in [1.54, 1.807) is 24.5 Å². The summed E-state index contributed by atoms with van der Waals surface area (Å²) in [7, 11) is 0. The number of halogens is 1. The number of nitrogens with zero attached hydrogens (tertiary/aromatic N) is 4. The van der Waals surface area contributed by atoms with E-state index in [9.17, 15) is 4.39 Å². The van der Waals surface area contributed by atoms with Crippen LogP contribution in [0, 0.1) is 5.82 Å². The lowest BCUT2D eigenvalue weighted by atomic mass is 10.0. The molecule has 148 valence electrons. The van der Waals surface area contributed by atoms with E-state index in [1.165, 1.54) is 12.1 Å². The van der Waals surface area contributed by atoms with Gasteiger partial charge in [-0.15, -0.1) is 0 Å². The Balaban J connectivity index is 1.75. The standard InChI is InChI=1S/C22H28FN5/c1-4-28(5-2)14-6-7-16(3)22-24-13-12-20(26-22)19-15-25-27-21(19)17-8-10-18(23)11-9-17/h8-13,15-16H,4-7,14H2,1-3H3,(H,25,27). The molecule has 0 bridgehead atoms. The lowest BCUT2D eigenvalue weighted by Gasteiger charge is -2.19.